The number of esters is 2. The van der Waals surface area contributed by atoms with Crippen molar-refractivity contribution < 1.29 is 39.5 Å². The van der Waals surface area contributed by atoms with E-state index in [9.17, 15) is 30.0 Å². The van der Waals surface area contributed by atoms with Gasteiger partial charge < -0.3 is 29.9 Å². The third-order valence-corrected chi connectivity index (χ3v) is 15.6. The van der Waals surface area contributed by atoms with E-state index in [-0.39, 0.29) is 54.0 Å². The minimum atomic E-state index is -1.22. The lowest BCUT2D eigenvalue weighted by Crippen LogP contribution is -2.72. The van der Waals surface area contributed by atoms with Crippen molar-refractivity contribution in [3.8, 4) is 0 Å². The molecule has 12 atom stereocenters. The summed E-state index contributed by atoms with van der Waals surface area (Å²) in [6, 6.07) is 0. The van der Waals surface area contributed by atoms with Gasteiger partial charge in [0.25, 0.3) is 0 Å². The molecule has 0 aromatic carbocycles. The van der Waals surface area contributed by atoms with E-state index in [1.54, 1.807) is 6.08 Å². The first kappa shape index (κ1) is 38.9. The summed E-state index contributed by atoms with van der Waals surface area (Å²) >= 11 is 2.11. The maximum atomic E-state index is 13.1. The SMILES string of the molecule is C=CCCC(=O)OC[C@]1(C)C2CC[C@]3(C)C(CC=C4C5CC(C)(C)[C@@H](O)[C@H](OC(=O)CC/C=C/I)[C@]5(CO)[C@H](O)C[C@]43C)[C@@]2(C)CC[C@@H]1O. The monoisotopic (exact) mass is 796 g/mol. The molecule has 4 fully saturated rings. The molecular weight excluding hydrogens is 735 g/mol. The molecule has 4 saturated carbocycles. The molecule has 5 aliphatic rings. The Kier molecular flexibility index (Phi) is 11.1. The minimum absolute atomic E-state index is 0.136. The Hall–Kier alpha value is -1.27. The van der Waals surface area contributed by atoms with Gasteiger partial charge in [-0.05, 0) is 101 Å². The number of hydrogen-bond acceptors (Lipinski definition) is 8. The fourth-order valence-electron chi connectivity index (χ4n) is 12.0. The molecule has 8 nitrogen and oxygen atoms in total. The van der Waals surface area contributed by atoms with Crippen molar-refractivity contribution in [2.75, 3.05) is 13.2 Å². The van der Waals surface area contributed by atoms with Crippen LogP contribution in [0.25, 0.3) is 0 Å². The first-order chi connectivity index (χ1) is 22.9. The molecule has 0 aromatic heterocycles. The fourth-order valence-corrected chi connectivity index (χ4v) is 12.4. The summed E-state index contributed by atoms with van der Waals surface area (Å²) in [7, 11) is 0. The summed E-state index contributed by atoms with van der Waals surface area (Å²) in [6.45, 7) is 16.7. The first-order valence-electron chi connectivity index (χ1n) is 18.5. The zero-order valence-corrected chi connectivity index (χ0v) is 32.7. The van der Waals surface area contributed by atoms with Crippen molar-refractivity contribution in [3.63, 3.8) is 0 Å². The van der Waals surface area contributed by atoms with Crippen LogP contribution in [0.2, 0.25) is 0 Å². The van der Waals surface area contributed by atoms with E-state index >= 15 is 0 Å². The molecule has 0 amide bonds. The molecule has 0 aromatic rings. The Balaban J connectivity index is 1.52. The molecular formula is C40H61IO8. The van der Waals surface area contributed by atoms with Crippen LogP contribution in [0, 0.1) is 50.2 Å². The van der Waals surface area contributed by atoms with Crippen LogP contribution in [0.15, 0.2) is 34.5 Å². The molecule has 5 rings (SSSR count). The van der Waals surface area contributed by atoms with Gasteiger partial charge in [0.1, 0.15) is 6.10 Å². The summed E-state index contributed by atoms with van der Waals surface area (Å²) in [5.41, 5.74) is -1.95. The molecule has 49 heavy (non-hydrogen) atoms. The second-order valence-corrected chi connectivity index (χ2v) is 18.6. The standard InChI is InChI=1S/C40H61IO8/c1-8-9-12-31(45)48-24-37(5)27-16-19-38(6)28(36(27,4)18-17-29(37)43)15-14-25-26-21-35(2,3)33(47)34(49-32(46)13-10-11-20-41)40(26,23-42)30(44)22-39(25,38)7/h8,11,14,20,26-30,33-34,42-44,47H,1,9-10,12-13,15-19,21-24H2,2-7H3/b20-11+/t26?,27?,28?,29-,30+,33-,34-,36-,37+,38+,39+,40-/m0/s1. The predicted molar refractivity (Wildman–Crippen MR) is 197 cm³/mol. The maximum Gasteiger partial charge on any atom is 0.306 e. The second kappa shape index (κ2) is 13.9. The summed E-state index contributed by atoms with van der Waals surface area (Å²) < 4.78 is 13.8. The summed E-state index contributed by atoms with van der Waals surface area (Å²) in [5.74, 6) is -0.579. The van der Waals surface area contributed by atoms with E-state index in [4.69, 9.17) is 9.47 Å². The number of hydrogen-bond donors (Lipinski definition) is 4. The third-order valence-electron chi connectivity index (χ3n) is 15.1. The zero-order valence-electron chi connectivity index (χ0n) is 30.6. The van der Waals surface area contributed by atoms with E-state index < -0.39 is 58.7 Å². The van der Waals surface area contributed by atoms with E-state index in [1.165, 1.54) is 5.57 Å². The van der Waals surface area contributed by atoms with E-state index in [1.807, 2.05) is 24.0 Å². The maximum absolute atomic E-state index is 13.1. The van der Waals surface area contributed by atoms with Crippen LogP contribution in [0.1, 0.15) is 112 Å². The molecule has 0 spiro atoms. The molecule has 0 bridgehead atoms. The van der Waals surface area contributed by atoms with Gasteiger partial charge in [0.05, 0.1) is 36.9 Å². The van der Waals surface area contributed by atoms with Gasteiger partial charge in [0.2, 0.25) is 0 Å². The van der Waals surface area contributed by atoms with Crippen molar-refractivity contribution in [2.24, 2.45) is 50.2 Å². The van der Waals surface area contributed by atoms with Crippen LogP contribution >= 0.6 is 22.6 Å². The number of ether oxygens (including phenoxy) is 2. The quantitative estimate of drug-likeness (QED) is 0.108. The molecule has 0 aliphatic heterocycles. The molecule has 3 unspecified atom stereocenters. The van der Waals surface area contributed by atoms with Gasteiger partial charge in [-0.1, -0.05) is 87.9 Å². The lowest BCUT2D eigenvalue weighted by Gasteiger charge is -2.72. The Bertz CT molecular complexity index is 1340. The van der Waals surface area contributed by atoms with Crippen molar-refractivity contribution in [3.05, 3.63) is 34.5 Å². The van der Waals surface area contributed by atoms with Gasteiger partial charge in [0.15, 0.2) is 0 Å². The Morgan fingerprint density at radius 1 is 0.959 bits per heavy atom. The average Bonchev–Trinajstić information content (AvgIpc) is 3.04. The van der Waals surface area contributed by atoms with Gasteiger partial charge in [-0.25, -0.2) is 0 Å². The highest BCUT2D eigenvalue weighted by Crippen LogP contribution is 2.76. The minimum Gasteiger partial charge on any atom is -0.465 e. The molecule has 276 valence electrons. The average molecular weight is 797 g/mol. The first-order valence-corrected chi connectivity index (χ1v) is 19.7. The van der Waals surface area contributed by atoms with Gasteiger partial charge in [-0.2, -0.15) is 0 Å². The van der Waals surface area contributed by atoms with Crippen LogP contribution in [-0.2, 0) is 19.1 Å². The number of carbonyl (C=O) groups excluding carboxylic acids is 2. The van der Waals surface area contributed by atoms with Crippen molar-refractivity contribution in [2.45, 2.75) is 137 Å². The van der Waals surface area contributed by atoms with Crippen LogP contribution in [0.3, 0.4) is 0 Å². The van der Waals surface area contributed by atoms with Crippen LogP contribution in [0.4, 0.5) is 0 Å². The Morgan fingerprint density at radius 3 is 2.31 bits per heavy atom. The smallest absolute Gasteiger partial charge is 0.306 e. The second-order valence-electron chi connectivity index (χ2n) is 17.8. The number of rotatable bonds is 10. The zero-order chi connectivity index (χ0) is 36.2. The van der Waals surface area contributed by atoms with Gasteiger partial charge in [0, 0.05) is 18.3 Å². The van der Waals surface area contributed by atoms with Crippen molar-refractivity contribution >= 4 is 34.5 Å². The topological polar surface area (TPSA) is 134 Å². The van der Waals surface area contributed by atoms with Crippen LogP contribution in [-0.4, -0.2) is 70.0 Å². The number of aliphatic hydroxyl groups excluding tert-OH is 4. The number of carbonyl (C=O) groups is 2. The highest BCUT2D eigenvalue weighted by atomic mass is 127. The number of aliphatic hydroxyl groups is 4. The van der Waals surface area contributed by atoms with Crippen LogP contribution < -0.4 is 0 Å². The molecule has 0 saturated heterocycles. The van der Waals surface area contributed by atoms with E-state index in [0.29, 0.717) is 32.1 Å². The van der Waals surface area contributed by atoms with E-state index in [2.05, 4.69) is 62.9 Å². The highest BCUT2D eigenvalue weighted by Gasteiger charge is 2.73. The summed E-state index contributed by atoms with van der Waals surface area (Å²) in [4.78, 5) is 25.7. The Labute approximate surface area is 307 Å². The molecule has 5 aliphatic carbocycles. The van der Waals surface area contributed by atoms with Gasteiger partial charge >= 0.3 is 11.9 Å². The normalized spacial score (nSPS) is 45.6. The Morgan fingerprint density at radius 2 is 1.65 bits per heavy atom. The molecule has 4 N–H and O–H groups in total. The summed E-state index contributed by atoms with van der Waals surface area (Å²) in [5, 5.41) is 46.8. The number of halogens is 1. The van der Waals surface area contributed by atoms with Gasteiger partial charge in [-0.15, -0.1) is 6.58 Å². The van der Waals surface area contributed by atoms with Crippen molar-refractivity contribution in [1.82, 2.24) is 0 Å². The molecule has 9 heteroatoms. The molecule has 0 radical (unpaired) electrons. The van der Waals surface area contributed by atoms with Crippen LogP contribution in [0.5, 0.6) is 0 Å². The highest BCUT2D eigenvalue weighted by molar-refractivity contribution is 14.1. The third kappa shape index (κ3) is 6.01. The molecule has 0 heterocycles. The fraction of sp³-hybridized carbons (Fsp3) is 0.800. The lowest BCUT2D eigenvalue weighted by molar-refractivity contribution is -0.264. The van der Waals surface area contributed by atoms with Crippen molar-refractivity contribution in [1.29, 1.82) is 0 Å². The number of allylic oxidation sites excluding steroid dienone is 4. The van der Waals surface area contributed by atoms with Gasteiger partial charge in [-0.3, -0.25) is 9.59 Å². The lowest BCUT2D eigenvalue weighted by atomic mass is 9.33. The summed E-state index contributed by atoms with van der Waals surface area (Å²) in [6.07, 6.45) is 8.87. The van der Waals surface area contributed by atoms with E-state index in [0.717, 1.165) is 25.7 Å². The largest absolute Gasteiger partial charge is 0.465 e. The predicted octanol–water partition coefficient (Wildman–Crippen LogP) is 6.82. The number of fused-ring (bicyclic) bond motifs is 7.